The lowest BCUT2D eigenvalue weighted by molar-refractivity contribution is 0.367. The molecule has 1 aliphatic heterocycles. The molecule has 0 bridgehead atoms. The van der Waals surface area contributed by atoms with Crippen molar-refractivity contribution in [1.29, 1.82) is 0 Å². The molecule has 2 heterocycles. The summed E-state index contributed by atoms with van der Waals surface area (Å²) in [4.78, 5) is 5.76. The number of H-pyrrole nitrogens is 1. The molecule has 2 N–H and O–H groups in total. The van der Waals surface area contributed by atoms with Crippen LogP contribution < -0.4 is 10.2 Å². The van der Waals surface area contributed by atoms with E-state index in [0.29, 0.717) is 6.04 Å². The Hall–Kier alpha value is -0.960. The molecular formula is C14H25N3. The molecule has 2 rings (SSSR count). The lowest BCUT2D eigenvalue weighted by Crippen LogP contribution is -2.35. The van der Waals surface area contributed by atoms with Crippen LogP contribution in [0.15, 0.2) is 18.3 Å². The Morgan fingerprint density at radius 3 is 2.76 bits per heavy atom. The number of anilines is 1. The van der Waals surface area contributed by atoms with Crippen LogP contribution in [-0.4, -0.2) is 30.7 Å². The third-order valence-electron chi connectivity index (χ3n) is 3.64. The molecule has 96 valence electrons. The van der Waals surface area contributed by atoms with E-state index in [1.807, 2.05) is 6.20 Å². The summed E-state index contributed by atoms with van der Waals surface area (Å²) in [7, 11) is 0. The number of nitrogens with zero attached hydrogens (tertiary/aromatic N) is 1. The number of piperidine rings is 1. The van der Waals surface area contributed by atoms with E-state index < -0.39 is 0 Å². The maximum absolute atomic E-state index is 3.51. The summed E-state index contributed by atoms with van der Waals surface area (Å²) in [5.74, 6) is 2.19. The van der Waals surface area contributed by atoms with E-state index in [2.05, 4.69) is 41.2 Å². The van der Waals surface area contributed by atoms with Crippen LogP contribution in [0, 0.1) is 5.92 Å². The summed E-state index contributed by atoms with van der Waals surface area (Å²) in [6.45, 7) is 8.01. The van der Waals surface area contributed by atoms with Crippen LogP contribution in [0.3, 0.4) is 0 Å². The third kappa shape index (κ3) is 3.77. The van der Waals surface area contributed by atoms with Crippen molar-refractivity contribution in [2.24, 2.45) is 5.92 Å². The van der Waals surface area contributed by atoms with Crippen LogP contribution in [0.2, 0.25) is 0 Å². The molecule has 0 atom stereocenters. The molecule has 1 aromatic heterocycles. The fraction of sp³-hybridized carbons (Fsp3) is 0.714. The maximum atomic E-state index is 3.51. The van der Waals surface area contributed by atoms with Gasteiger partial charge in [0.1, 0.15) is 5.82 Å². The molecule has 1 aromatic rings. The monoisotopic (exact) mass is 235 g/mol. The fourth-order valence-electron chi connectivity index (χ4n) is 2.56. The van der Waals surface area contributed by atoms with Gasteiger partial charge >= 0.3 is 0 Å². The normalized spacial score (nSPS) is 17.9. The topological polar surface area (TPSA) is 31.1 Å². The van der Waals surface area contributed by atoms with Crippen LogP contribution in [0.25, 0.3) is 0 Å². The van der Waals surface area contributed by atoms with Crippen molar-refractivity contribution < 1.29 is 0 Å². The van der Waals surface area contributed by atoms with Gasteiger partial charge in [0.2, 0.25) is 0 Å². The minimum absolute atomic E-state index is 0.619. The smallest absolute Gasteiger partial charge is 0.105 e. The van der Waals surface area contributed by atoms with Gasteiger partial charge in [-0.3, -0.25) is 0 Å². The van der Waals surface area contributed by atoms with E-state index in [4.69, 9.17) is 0 Å². The zero-order valence-corrected chi connectivity index (χ0v) is 11.1. The predicted molar refractivity (Wildman–Crippen MR) is 73.5 cm³/mol. The zero-order chi connectivity index (χ0) is 12.1. The number of aromatic amines is 1. The Balaban J connectivity index is 1.68. The summed E-state index contributed by atoms with van der Waals surface area (Å²) >= 11 is 0. The van der Waals surface area contributed by atoms with E-state index in [0.717, 1.165) is 5.92 Å². The summed E-state index contributed by atoms with van der Waals surface area (Å²) in [5.41, 5.74) is 0. The van der Waals surface area contributed by atoms with Crippen LogP contribution in [-0.2, 0) is 0 Å². The van der Waals surface area contributed by atoms with Gasteiger partial charge in [0.05, 0.1) is 0 Å². The molecule has 3 nitrogen and oxygen atoms in total. The molecule has 0 aliphatic carbocycles. The van der Waals surface area contributed by atoms with E-state index in [1.165, 1.54) is 44.7 Å². The van der Waals surface area contributed by atoms with Gasteiger partial charge in [-0.1, -0.05) is 13.8 Å². The van der Waals surface area contributed by atoms with Gasteiger partial charge in [0.15, 0.2) is 0 Å². The Kier molecular flexibility index (Phi) is 4.49. The minimum Gasteiger partial charge on any atom is -0.358 e. The van der Waals surface area contributed by atoms with Crippen molar-refractivity contribution >= 4 is 5.82 Å². The number of rotatable bonds is 5. The molecule has 0 unspecified atom stereocenters. The first-order valence-electron chi connectivity index (χ1n) is 6.87. The minimum atomic E-state index is 0.619. The lowest BCUT2D eigenvalue weighted by atomic mass is 9.93. The molecule has 1 aliphatic rings. The van der Waals surface area contributed by atoms with Crippen molar-refractivity contribution in [3.05, 3.63) is 18.3 Å². The SMILES string of the molecule is CC(C)NCCC1CCN(c2ccc[nH]2)CC1. The molecule has 3 heteroatoms. The Labute approximate surface area is 105 Å². The molecular weight excluding hydrogens is 210 g/mol. The number of hydrogen-bond donors (Lipinski definition) is 2. The maximum Gasteiger partial charge on any atom is 0.105 e. The second-order valence-corrected chi connectivity index (χ2v) is 5.38. The molecule has 0 amide bonds. The average Bonchev–Trinajstić information content (AvgIpc) is 2.83. The van der Waals surface area contributed by atoms with Gasteiger partial charge in [-0.25, -0.2) is 0 Å². The van der Waals surface area contributed by atoms with Crippen molar-refractivity contribution in [2.75, 3.05) is 24.5 Å². The second kappa shape index (κ2) is 6.10. The van der Waals surface area contributed by atoms with Crippen LogP contribution in [0.5, 0.6) is 0 Å². The highest BCUT2D eigenvalue weighted by Gasteiger charge is 2.19. The Morgan fingerprint density at radius 2 is 2.18 bits per heavy atom. The first kappa shape index (κ1) is 12.5. The van der Waals surface area contributed by atoms with Gasteiger partial charge < -0.3 is 15.2 Å². The summed E-state index contributed by atoms with van der Waals surface area (Å²) in [5, 5.41) is 3.51. The van der Waals surface area contributed by atoms with Crippen molar-refractivity contribution in [3.63, 3.8) is 0 Å². The van der Waals surface area contributed by atoms with E-state index >= 15 is 0 Å². The predicted octanol–water partition coefficient (Wildman–Crippen LogP) is 2.62. The molecule has 1 saturated heterocycles. The number of aromatic nitrogens is 1. The number of nitrogens with one attached hydrogen (secondary N) is 2. The summed E-state index contributed by atoms with van der Waals surface area (Å²) < 4.78 is 0. The highest BCUT2D eigenvalue weighted by Crippen LogP contribution is 2.23. The highest BCUT2D eigenvalue weighted by molar-refractivity contribution is 5.38. The molecule has 0 aromatic carbocycles. The Morgan fingerprint density at radius 1 is 1.41 bits per heavy atom. The zero-order valence-electron chi connectivity index (χ0n) is 11.1. The first-order valence-corrected chi connectivity index (χ1v) is 6.87. The van der Waals surface area contributed by atoms with Crippen molar-refractivity contribution in [1.82, 2.24) is 10.3 Å². The highest BCUT2D eigenvalue weighted by atomic mass is 15.2. The van der Waals surface area contributed by atoms with Gasteiger partial charge in [-0.2, -0.15) is 0 Å². The summed E-state index contributed by atoms with van der Waals surface area (Å²) in [6, 6.07) is 4.86. The van der Waals surface area contributed by atoms with E-state index in [9.17, 15) is 0 Å². The molecule has 0 spiro atoms. The second-order valence-electron chi connectivity index (χ2n) is 5.38. The van der Waals surface area contributed by atoms with Gasteiger partial charge in [0.25, 0.3) is 0 Å². The largest absolute Gasteiger partial charge is 0.358 e. The third-order valence-corrected chi connectivity index (χ3v) is 3.64. The molecule has 17 heavy (non-hydrogen) atoms. The standard InChI is InChI=1S/C14H25N3/c1-12(2)15-9-5-13-6-10-17(11-7-13)14-4-3-8-16-14/h3-4,8,12-13,15-16H,5-7,9-11H2,1-2H3. The quantitative estimate of drug-likeness (QED) is 0.822. The van der Waals surface area contributed by atoms with Crippen LogP contribution >= 0.6 is 0 Å². The average molecular weight is 235 g/mol. The van der Waals surface area contributed by atoms with Gasteiger partial charge in [-0.05, 0) is 43.9 Å². The Bertz CT molecular complexity index is 297. The lowest BCUT2D eigenvalue weighted by Gasteiger charge is -2.32. The van der Waals surface area contributed by atoms with Crippen LogP contribution in [0.1, 0.15) is 33.1 Å². The van der Waals surface area contributed by atoms with Crippen LogP contribution in [0.4, 0.5) is 5.82 Å². The van der Waals surface area contributed by atoms with E-state index in [1.54, 1.807) is 0 Å². The molecule has 0 saturated carbocycles. The summed E-state index contributed by atoms with van der Waals surface area (Å²) in [6.07, 6.45) is 6.00. The van der Waals surface area contributed by atoms with Crippen molar-refractivity contribution in [2.45, 2.75) is 39.2 Å². The van der Waals surface area contributed by atoms with Crippen molar-refractivity contribution in [3.8, 4) is 0 Å². The first-order chi connectivity index (χ1) is 8.25. The van der Waals surface area contributed by atoms with Gasteiger partial charge in [0, 0.05) is 25.3 Å². The fourth-order valence-corrected chi connectivity index (χ4v) is 2.56. The van der Waals surface area contributed by atoms with E-state index in [-0.39, 0.29) is 0 Å². The molecule has 1 fully saturated rings. The van der Waals surface area contributed by atoms with Gasteiger partial charge in [-0.15, -0.1) is 0 Å². The molecule has 0 radical (unpaired) electrons. The number of hydrogen-bond acceptors (Lipinski definition) is 2.